The van der Waals surface area contributed by atoms with Crippen molar-refractivity contribution in [3.63, 3.8) is 0 Å². The van der Waals surface area contributed by atoms with Crippen molar-refractivity contribution in [3.8, 4) is 33.0 Å². The Balaban J connectivity index is 1.19. The molecule has 0 spiro atoms. The maximum Gasteiger partial charge on any atom is 0.224 e. The Hall–Kier alpha value is -4.34. The molecule has 0 saturated carbocycles. The Labute approximate surface area is 235 Å². The number of nitrogens with one attached hydrogen (secondary N) is 4. The van der Waals surface area contributed by atoms with Crippen LogP contribution in [0.4, 0.5) is 5.69 Å². The van der Waals surface area contributed by atoms with Gasteiger partial charge in [-0.15, -0.1) is 11.3 Å². The van der Waals surface area contributed by atoms with E-state index in [1.807, 2.05) is 12.3 Å². The van der Waals surface area contributed by atoms with Gasteiger partial charge in [0.2, 0.25) is 5.91 Å². The molecule has 1 aliphatic rings. The number of amides is 1. The summed E-state index contributed by atoms with van der Waals surface area (Å²) < 4.78 is 0. The van der Waals surface area contributed by atoms with E-state index >= 15 is 0 Å². The van der Waals surface area contributed by atoms with Gasteiger partial charge in [0.15, 0.2) is 5.65 Å². The number of fused-ring (bicyclic) bond motifs is 2. The average Bonchev–Trinajstić information content (AvgIpc) is 3.71. The molecular formula is C31H29N7OS. The number of carbonyl (C=O) groups excluding carboxylic acids is 1. The number of pyridine rings is 2. The molecule has 0 atom stereocenters. The van der Waals surface area contributed by atoms with Gasteiger partial charge in [0, 0.05) is 61.5 Å². The molecule has 6 aromatic rings. The fraction of sp³-hybridized carbons (Fsp3) is 0.226. The van der Waals surface area contributed by atoms with Crippen LogP contribution in [-0.4, -0.2) is 44.1 Å². The van der Waals surface area contributed by atoms with Gasteiger partial charge in [-0.05, 0) is 75.2 Å². The molecule has 1 amide bonds. The molecule has 4 N–H and O–H groups in total. The van der Waals surface area contributed by atoms with Gasteiger partial charge in [-0.2, -0.15) is 5.10 Å². The van der Waals surface area contributed by atoms with Crippen molar-refractivity contribution in [1.82, 2.24) is 30.5 Å². The lowest BCUT2D eigenvalue weighted by Crippen LogP contribution is -2.30. The zero-order valence-electron chi connectivity index (χ0n) is 22.1. The van der Waals surface area contributed by atoms with E-state index in [1.165, 1.54) is 15.3 Å². The SMILES string of the molecule is Cc1ccc(-c2cccc3[nH]c(-c4n[nH]c5ncc(-c6cncc(NC(=O)CC7CCNCC7)c6)cc45)cc23)s1. The molecular weight excluding hydrogens is 518 g/mol. The normalized spacial score (nSPS) is 14.2. The number of anilines is 1. The highest BCUT2D eigenvalue weighted by Crippen LogP contribution is 2.37. The number of aryl methyl sites for hydroxylation is 1. The van der Waals surface area contributed by atoms with Crippen molar-refractivity contribution >= 4 is 44.9 Å². The lowest BCUT2D eigenvalue weighted by atomic mass is 9.94. The third-order valence-corrected chi connectivity index (χ3v) is 8.66. The maximum absolute atomic E-state index is 12.7. The molecule has 1 saturated heterocycles. The number of nitrogens with zero attached hydrogens (tertiary/aromatic N) is 3. The zero-order chi connectivity index (χ0) is 27.1. The van der Waals surface area contributed by atoms with E-state index < -0.39 is 0 Å². The molecule has 40 heavy (non-hydrogen) atoms. The van der Waals surface area contributed by atoms with Crippen molar-refractivity contribution < 1.29 is 4.79 Å². The van der Waals surface area contributed by atoms with E-state index in [4.69, 9.17) is 0 Å². The highest BCUT2D eigenvalue weighted by molar-refractivity contribution is 7.15. The van der Waals surface area contributed by atoms with Gasteiger partial charge in [0.05, 0.1) is 17.6 Å². The van der Waals surface area contributed by atoms with Crippen LogP contribution in [0, 0.1) is 12.8 Å². The lowest BCUT2D eigenvalue weighted by Gasteiger charge is -2.21. The Morgan fingerprint density at radius 1 is 1.02 bits per heavy atom. The highest BCUT2D eigenvalue weighted by atomic mass is 32.1. The second kappa shape index (κ2) is 10.3. The predicted molar refractivity (Wildman–Crippen MR) is 161 cm³/mol. The fourth-order valence-corrected chi connectivity index (χ4v) is 6.48. The number of piperidine rings is 1. The van der Waals surface area contributed by atoms with Crippen molar-refractivity contribution in [3.05, 3.63) is 72.0 Å². The first-order valence-corrected chi connectivity index (χ1v) is 14.4. The first-order valence-electron chi connectivity index (χ1n) is 13.6. The topological polar surface area (TPSA) is 111 Å². The molecule has 8 nitrogen and oxygen atoms in total. The largest absolute Gasteiger partial charge is 0.353 e. The van der Waals surface area contributed by atoms with Crippen LogP contribution in [0.3, 0.4) is 0 Å². The molecule has 9 heteroatoms. The van der Waals surface area contributed by atoms with Crippen LogP contribution in [0.25, 0.3) is 54.9 Å². The van der Waals surface area contributed by atoms with Crippen LogP contribution in [0.15, 0.2) is 67.1 Å². The standard InChI is InChI=1S/C31H29N7OS/c1-18-5-6-28(40-18)23-3-2-4-26-24(23)14-27(36-26)30-25-13-21(16-34-31(25)38-37-30)20-12-22(17-33-15-20)35-29(39)11-19-7-9-32-10-8-19/h2-6,12-17,19,32,36H,7-11H2,1H3,(H,35,39)(H,34,37,38). The number of aromatic amines is 2. The Bertz CT molecular complexity index is 1840. The molecule has 5 aromatic heterocycles. The lowest BCUT2D eigenvalue weighted by molar-refractivity contribution is -0.117. The number of rotatable bonds is 6. The molecule has 200 valence electrons. The van der Waals surface area contributed by atoms with E-state index in [0.717, 1.165) is 64.7 Å². The van der Waals surface area contributed by atoms with Crippen molar-refractivity contribution in [2.75, 3.05) is 18.4 Å². The second-order valence-corrected chi connectivity index (χ2v) is 11.7. The van der Waals surface area contributed by atoms with Crippen molar-refractivity contribution in [2.45, 2.75) is 26.2 Å². The maximum atomic E-state index is 12.7. The minimum atomic E-state index is 0.0347. The molecule has 0 unspecified atom stereocenters. The first kappa shape index (κ1) is 24.7. The summed E-state index contributed by atoms with van der Waals surface area (Å²) >= 11 is 1.80. The van der Waals surface area contributed by atoms with Crippen LogP contribution in [0.2, 0.25) is 0 Å². The van der Waals surface area contributed by atoms with E-state index in [9.17, 15) is 4.79 Å². The predicted octanol–water partition coefficient (Wildman–Crippen LogP) is 6.53. The summed E-state index contributed by atoms with van der Waals surface area (Å²) in [6.07, 6.45) is 7.91. The summed E-state index contributed by atoms with van der Waals surface area (Å²) in [6, 6.07) is 16.9. The van der Waals surface area contributed by atoms with Gasteiger partial charge in [0.1, 0.15) is 5.69 Å². The number of aromatic nitrogens is 5. The van der Waals surface area contributed by atoms with E-state index in [-0.39, 0.29) is 5.91 Å². The highest BCUT2D eigenvalue weighted by Gasteiger charge is 2.18. The molecule has 0 bridgehead atoms. The number of thiophene rings is 1. The average molecular weight is 548 g/mol. The Kier molecular flexibility index (Phi) is 6.37. The van der Waals surface area contributed by atoms with Gasteiger partial charge in [-0.3, -0.25) is 14.9 Å². The Morgan fingerprint density at radius 3 is 2.75 bits per heavy atom. The summed E-state index contributed by atoms with van der Waals surface area (Å²) in [7, 11) is 0. The minimum Gasteiger partial charge on any atom is -0.353 e. The minimum absolute atomic E-state index is 0.0347. The quantitative estimate of drug-likeness (QED) is 0.189. The molecule has 1 aliphatic heterocycles. The Morgan fingerprint density at radius 2 is 1.90 bits per heavy atom. The fourth-order valence-electron chi connectivity index (χ4n) is 5.57. The molecule has 1 aromatic carbocycles. The van der Waals surface area contributed by atoms with Crippen LogP contribution in [-0.2, 0) is 4.79 Å². The molecule has 7 rings (SSSR count). The smallest absolute Gasteiger partial charge is 0.224 e. The number of hydrogen-bond donors (Lipinski definition) is 4. The van der Waals surface area contributed by atoms with Gasteiger partial charge < -0.3 is 15.6 Å². The number of carbonyl (C=O) groups is 1. The summed E-state index contributed by atoms with van der Waals surface area (Å²) in [5.74, 6) is 0.464. The van der Waals surface area contributed by atoms with E-state index in [2.05, 4.69) is 85.2 Å². The zero-order valence-corrected chi connectivity index (χ0v) is 22.9. The number of benzene rings is 1. The van der Waals surface area contributed by atoms with Crippen LogP contribution < -0.4 is 10.6 Å². The molecule has 1 fully saturated rings. The summed E-state index contributed by atoms with van der Waals surface area (Å²) in [4.78, 5) is 27.8. The summed E-state index contributed by atoms with van der Waals surface area (Å²) in [5.41, 5.74) is 7.21. The van der Waals surface area contributed by atoms with Gasteiger partial charge in [-0.25, -0.2) is 4.98 Å². The van der Waals surface area contributed by atoms with Gasteiger partial charge in [0.25, 0.3) is 0 Å². The number of H-pyrrole nitrogens is 2. The van der Waals surface area contributed by atoms with Gasteiger partial charge >= 0.3 is 0 Å². The summed E-state index contributed by atoms with van der Waals surface area (Å²) in [6.45, 7) is 4.09. The van der Waals surface area contributed by atoms with Crippen molar-refractivity contribution in [2.24, 2.45) is 5.92 Å². The van der Waals surface area contributed by atoms with E-state index in [0.29, 0.717) is 23.7 Å². The molecule has 0 radical (unpaired) electrons. The van der Waals surface area contributed by atoms with Crippen LogP contribution >= 0.6 is 11.3 Å². The monoisotopic (exact) mass is 547 g/mol. The van der Waals surface area contributed by atoms with Crippen molar-refractivity contribution in [1.29, 1.82) is 0 Å². The van der Waals surface area contributed by atoms with E-state index in [1.54, 1.807) is 23.7 Å². The third kappa shape index (κ3) is 4.78. The molecule has 6 heterocycles. The first-order chi connectivity index (χ1) is 19.6. The number of hydrogen-bond acceptors (Lipinski definition) is 6. The summed E-state index contributed by atoms with van der Waals surface area (Å²) in [5, 5.41) is 16.2. The van der Waals surface area contributed by atoms with Crippen LogP contribution in [0.1, 0.15) is 24.1 Å². The second-order valence-electron chi connectivity index (χ2n) is 10.5. The molecule has 0 aliphatic carbocycles. The van der Waals surface area contributed by atoms with Gasteiger partial charge in [-0.1, -0.05) is 12.1 Å². The van der Waals surface area contributed by atoms with Crippen LogP contribution in [0.5, 0.6) is 0 Å². The third-order valence-electron chi connectivity index (χ3n) is 7.63.